The third-order valence-corrected chi connectivity index (χ3v) is 3.66. The molecule has 1 aliphatic rings. The van der Waals surface area contributed by atoms with Crippen LogP contribution in [0.3, 0.4) is 0 Å². The van der Waals surface area contributed by atoms with E-state index in [-0.39, 0.29) is 12.5 Å². The molecule has 18 heavy (non-hydrogen) atoms. The number of hydrogen-bond acceptors (Lipinski definition) is 3. The van der Waals surface area contributed by atoms with Crippen molar-refractivity contribution in [3.63, 3.8) is 0 Å². The third kappa shape index (κ3) is 2.64. The van der Waals surface area contributed by atoms with Gasteiger partial charge in [0.15, 0.2) is 0 Å². The minimum Gasteiger partial charge on any atom is -0.368 e. The number of amides is 1. The van der Waals surface area contributed by atoms with Crippen molar-refractivity contribution >= 4 is 11.6 Å². The lowest BCUT2D eigenvalue weighted by Gasteiger charge is -2.36. The fourth-order valence-corrected chi connectivity index (χ4v) is 2.27. The second kappa shape index (κ2) is 5.40. The first-order valence-corrected chi connectivity index (χ1v) is 6.42. The zero-order valence-corrected chi connectivity index (χ0v) is 11.1. The molecule has 0 saturated carbocycles. The van der Waals surface area contributed by atoms with E-state index in [0.717, 1.165) is 26.2 Å². The summed E-state index contributed by atoms with van der Waals surface area (Å²) in [5.41, 5.74) is 9.26. The number of rotatable bonds is 2. The summed E-state index contributed by atoms with van der Waals surface area (Å²) in [4.78, 5) is 15.7. The Labute approximate surface area is 108 Å². The van der Waals surface area contributed by atoms with Crippen LogP contribution in [0.5, 0.6) is 0 Å². The minimum atomic E-state index is 0.0507. The van der Waals surface area contributed by atoms with E-state index in [1.165, 1.54) is 16.8 Å². The molecule has 4 heteroatoms. The van der Waals surface area contributed by atoms with E-state index in [1.54, 1.807) is 0 Å². The van der Waals surface area contributed by atoms with Crippen molar-refractivity contribution in [2.45, 2.75) is 13.8 Å². The molecule has 1 aromatic rings. The summed E-state index contributed by atoms with van der Waals surface area (Å²) in [5, 5.41) is 0. The number of piperazine rings is 1. The van der Waals surface area contributed by atoms with Crippen molar-refractivity contribution in [2.75, 3.05) is 37.6 Å². The van der Waals surface area contributed by atoms with Crippen molar-refractivity contribution in [2.24, 2.45) is 5.73 Å². The monoisotopic (exact) mass is 247 g/mol. The van der Waals surface area contributed by atoms with Crippen molar-refractivity contribution in [3.05, 3.63) is 29.3 Å². The Hall–Kier alpha value is -1.55. The van der Waals surface area contributed by atoms with Gasteiger partial charge in [-0.2, -0.15) is 0 Å². The Balaban J connectivity index is 2.01. The van der Waals surface area contributed by atoms with Crippen molar-refractivity contribution < 1.29 is 4.79 Å². The van der Waals surface area contributed by atoms with Gasteiger partial charge in [-0.05, 0) is 37.1 Å². The van der Waals surface area contributed by atoms with Gasteiger partial charge in [0.2, 0.25) is 5.91 Å². The Morgan fingerprint density at radius 2 is 1.83 bits per heavy atom. The van der Waals surface area contributed by atoms with Crippen LogP contribution in [0.1, 0.15) is 11.1 Å². The van der Waals surface area contributed by atoms with Crippen molar-refractivity contribution in [1.82, 2.24) is 4.90 Å². The van der Waals surface area contributed by atoms with Gasteiger partial charge in [-0.1, -0.05) is 6.07 Å². The van der Waals surface area contributed by atoms with E-state index >= 15 is 0 Å². The Morgan fingerprint density at radius 3 is 2.39 bits per heavy atom. The summed E-state index contributed by atoms with van der Waals surface area (Å²) >= 11 is 0. The second-order valence-electron chi connectivity index (χ2n) is 4.84. The molecule has 0 unspecified atom stereocenters. The third-order valence-electron chi connectivity index (χ3n) is 3.66. The van der Waals surface area contributed by atoms with Crippen molar-refractivity contribution in [1.29, 1.82) is 0 Å². The number of anilines is 1. The molecule has 0 aromatic heterocycles. The highest BCUT2D eigenvalue weighted by molar-refractivity contribution is 5.78. The zero-order valence-electron chi connectivity index (χ0n) is 11.1. The molecule has 2 N–H and O–H groups in total. The highest BCUT2D eigenvalue weighted by Gasteiger charge is 2.20. The molecule has 0 atom stereocenters. The van der Waals surface area contributed by atoms with Gasteiger partial charge >= 0.3 is 0 Å². The minimum absolute atomic E-state index is 0.0507. The highest BCUT2D eigenvalue weighted by atomic mass is 16.2. The van der Waals surface area contributed by atoms with Crippen LogP contribution < -0.4 is 10.6 Å². The number of carbonyl (C=O) groups is 1. The van der Waals surface area contributed by atoms with Crippen LogP contribution >= 0.6 is 0 Å². The van der Waals surface area contributed by atoms with Gasteiger partial charge in [0.05, 0.1) is 6.54 Å². The number of carbonyl (C=O) groups excluding carboxylic acids is 1. The van der Waals surface area contributed by atoms with E-state index in [1.807, 2.05) is 4.90 Å². The average Bonchev–Trinajstić information content (AvgIpc) is 2.41. The van der Waals surface area contributed by atoms with Gasteiger partial charge in [-0.15, -0.1) is 0 Å². The van der Waals surface area contributed by atoms with Crippen LogP contribution in [0.4, 0.5) is 5.69 Å². The SMILES string of the molecule is Cc1ccc(N2CCN(C(=O)CN)CC2)cc1C. The maximum atomic E-state index is 11.5. The first-order chi connectivity index (χ1) is 8.61. The van der Waals surface area contributed by atoms with Crippen molar-refractivity contribution in [3.8, 4) is 0 Å². The molecule has 0 radical (unpaired) electrons. The number of aryl methyl sites for hydroxylation is 2. The number of benzene rings is 1. The largest absolute Gasteiger partial charge is 0.368 e. The molecular weight excluding hydrogens is 226 g/mol. The van der Waals surface area contributed by atoms with Gasteiger partial charge in [0, 0.05) is 31.9 Å². The zero-order chi connectivity index (χ0) is 13.1. The lowest BCUT2D eigenvalue weighted by atomic mass is 10.1. The van der Waals surface area contributed by atoms with Crippen LogP contribution in [0.25, 0.3) is 0 Å². The highest BCUT2D eigenvalue weighted by Crippen LogP contribution is 2.20. The van der Waals surface area contributed by atoms with Gasteiger partial charge < -0.3 is 15.5 Å². The molecule has 1 aliphatic heterocycles. The quantitative estimate of drug-likeness (QED) is 0.845. The molecule has 0 bridgehead atoms. The molecule has 0 aliphatic carbocycles. The fraction of sp³-hybridized carbons (Fsp3) is 0.500. The molecule has 0 spiro atoms. The molecule has 4 nitrogen and oxygen atoms in total. The van der Waals surface area contributed by atoms with E-state index in [2.05, 4.69) is 36.9 Å². The summed E-state index contributed by atoms with van der Waals surface area (Å²) in [6, 6.07) is 6.53. The summed E-state index contributed by atoms with van der Waals surface area (Å²) in [7, 11) is 0. The smallest absolute Gasteiger partial charge is 0.236 e. The summed E-state index contributed by atoms with van der Waals surface area (Å²) in [6.07, 6.45) is 0. The number of nitrogens with two attached hydrogens (primary N) is 1. The Kier molecular flexibility index (Phi) is 3.87. The maximum absolute atomic E-state index is 11.5. The normalized spacial score (nSPS) is 15.9. The topological polar surface area (TPSA) is 49.6 Å². The Morgan fingerprint density at radius 1 is 1.17 bits per heavy atom. The average molecular weight is 247 g/mol. The van der Waals surface area contributed by atoms with Gasteiger partial charge in [-0.3, -0.25) is 4.79 Å². The molecule has 2 rings (SSSR count). The van der Waals surface area contributed by atoms with E-state index < -0.39 is 0 Å². The maximum Gasteiger partial charge on any atom is 0.236 e. The molecule has 98 valence electrons. The molecule has 1 aromatic carbocycles. The summed E-state index contributed by atoms with van der Waals surface area (Å²) in [5.74, 6) is 0.0507. The molecule has 1 saturated heterocycles. The van der Waals surface area contributed by atoms with Crippen LogP contribution in [0.2, 0.25) is 0 Å². The van der Waals surface area contributed by atoms with Gasteiger partial charge in [0.1, 0.15) is 0 Å². The molecule has 1 fully saturated rings. The Bertz CT molecular complexity index is 437. The standard InChI is InChI=1S/C14H21N3O/c1-11-3-4-13(9-12(11)2)16-5-7-17(8-6-16)14(18)10-15/h3-4,9H,5-8,10,15H2,1-2H3. The number of hydrogen-bond donors (Lipinski definition) is 1. The summed E-state index contributed by atoms with van der Waals surface area (Å²) in [6.45, 7) is 7.67. The lowest BCUT2D eigenvalue weighted by molar-refractivity contribution is -0.129. The van der Waals surface area contributed by atoms with E-state index in [9.17, 15) is 4.79 Å². The summed E-state index contributed by atoms with van der Waals surface area (Å²) < 4.78 is 0. The first-order valence-electron chi connectivity index (χ1n) is 6.42. The number of nitrogens with zero attached hydrogens (tertiary/aromatic N) is 2. The first kappa shape index (κ1) is 12.9. The predicted octanol–water partition coefficient (Wildman–Crippen LogP) is 0.911. The lowest BCUT2D eigenvalue weighted by Crippen LogP contribution is -2.50. The van der Waals surface area contributed by atoms with E-state index in [0.29, 0.717) is 0 Å². The van der Waals surface area contributed by atoms with Crippen LogP contribution in [-0.2, 0) is 4.79 Å². The van der Waals surface area contributed by atoms with Crippen LogP contribution in [0, 0.1) is 13.8 Å². The van der Waals surface area contributed by atoms with Crippen LogP contribution in [-0.4, -0.2) is 43.5 Å². The predicted molar refractivity (Wildman–Crippen MR) is 73.8 cm³/mol. The molecule has 1 heterocycles. The molecular formula is C14H21N3O. The second-order valence-corrected chi connectivity index (χ2v) is 4.84. The van der Waals surface area contributed by atoms with E-state index in [4.69, 9.17) is 5.73 Å². The van der Waals surface area contributed by atoms with Gasteiger partial charge in [-0.25, -0.2) is 0 Å². The van der Waals surface area contributed by atoms with Gasteiger partial charge in [0.25, 0.3) is 0 Å². The molecule has 1 amide bonds. The fourth-order valence-electron chi connectivity index (χ4n) is 2.27. The van der Waals surface area contributed by atoms with Crippen LogP contribution in [0.15, 0.2) is 18.2 Å².